The number of nitrogens with zero attached hydrogens (tertiary/aromatic N) is 1. The zero-order valence-electron chi connectivity index (χ0n) is 8.96. The summed E-state index contributed by atoms with van der Waals surface area (Å²) in [5.41, 5.74) is 2.16. The van der Waals surface area contributed by atoms with E-state index in [1.54, 1.807) is 0 Å². The molecule has 1 aliphatic heterocycles. The van der Waals surface area contributed by atoms with Gasteiger partial charge < -0.3 is 4.55 Å². The van der Waals surface area contributed by atoms with Gasteiger partial charge in [0.05, 0.1) is 5.75 Å². The van der Waals surface area contributed by atoms with Gasteiger partial charge in [-0.1, -0.05) is 24.3 Å². The minimum Gasteiger partial charge on any atom is -0.306 e. The second kappa shape index (κ2) is 5.82. The summed E-state index contributed by atoms with van der Waals surface area (Å²) in [6.07, 6.45) is 0. The molecule has 1 heterocycles. The van der Waals surface area contributed by atoms with Crippen molar-refractivity contribution in [2.45, 2.75) is 12.3 Å². The molecule has 1 N–H and O–H groups in total. The summed E-state index contributed by atoms with van der Waals surface area (Å²) in [6, 6.07) is 7.96. The molecule has 1 saturated heterocycles. The van der Waals surface area contributed by atoms with Crippen LogP contribution in [0, 0.1) is 0 Å². The van der Waals surface area contributed by atoms with Gasteiger partial charge in [0, 0.05) is 24.7 Å². The molecule has 1 aromatic carbocycles. The van der Waals surface area contributed by atoms with Crippen LogP contribution in [0.5, 0.6) is 0 Å². The summed E-state index contributed by atoms with van der Waals surface area (Å²) in [4.78, 5) is 2.39. The minimum atomic E-state index is -1.75. The first-order chi connectivity index (χ1) is 7.74. The number of thioether (sulfide) groups is 1. The lowest BCUT2D eigenvalue weighted by atomic mass is 10.1. The molecule has 0 spiro atoms. The molecule has 1 aromatic rings. The van der Waals surface area contributed by atoms with Gasteiger partial charge in [0.2, 0.25) is 0 Å². The fourth-order valence-corrected chi connectivity index (χ4v) is 3.25. The van der Waals surface area contributed by atoms with Crippen LogP contribution in [0.3, 0.4) is 0 Å². The average molecular weight is 257 g/mol. The number of benzene rings is 1. The van der Waals surface area contributed by atoms with Crippen LogP contribution in [0.1, 0.15) is 11.1 Å². The molecule has 5 heteroatoms. The van der Waals surface area contributed by atoms with Gasteiger partial charge in [0.25, 0.3) is 0 Å². The minimum absolute atomic E-state index is 0.225. The summed E-state index contributed by atoms with van der Waals surface area (Å²) in [7, 11) is 0. The second-order valence-electron chi connectivity index (χ2n) is 3.88. The maximum Gasteiger partial charge on any atom is 0.157 e. The van der Waals surface area contributed by atoms with Crippen molar-refractivity contribution in [3.05, 3.63) is 35.4 Å². The highest BCUT2D eigenvalue weighted by Crippen LogP contribution is 2.17. The number of hydrogen-bond acceptors (Lipinski definition) is 3. The molecule has 88 valence electrons. The standard InChI is InChI=1S/C11H15NO2S2/c13-16(14)8-11-3-1-2-10(6-11)7-12-4-5-15-9-12/h1-3,6H,4-5,7-9H2,(H,13,14). The summed E-state index contributed by atoms with van der Waals surface area (Å²) >= 11 is 0.207. The molecule has 3 nitrogen and oxygen atoms in total. The fraction of sp³-hybridized carbons (Fsp3) is 0.455. The van der Waals surface area contributed by atoms with Crippen molar-refractivity contribution in [3.63, 3.8) is 0 Å². The van der Waals surface area contributed by atoms with Crippen molar-refractivity contribution in [2.75, 3.05) is 18.2 Å². The Morgan fingerprint density at radius 2 is 2.25 bits per heavy atom. The molecular formula is C11H15NO2S2. The second-order valence-corrected chi connectivity index (χ2v) is 5.88. The predicted octanol–water partition coefficient (Wildman–Crippen LogP) is 1.91. The Balaban J connectivity index is 2.00. The van der Waals surface area contributed by atoms with Crippen LogP contribution in [-0.2, 0) is 23.4 Å². The quantitative estimate of drug-likeness (QED) is 0.837. The summed E-state index contributed by atoms with van der Waals surface area (Å²) in [5.74, 6) is 2.53. The van der Waals surface area contributed by atoms with E-state index in [1.165, 1.54) is 11.3 Å². The van der Waals surface area contributed by atoms with Gasteiger partial charge in [-0.15, -0.1) is 11.8 Å². The van der Waals surface area contributed by atoms with Gasteiger partial charge in [-0.05, 0) is 11.1 Å². The molecule has 0 aromatic heterocycles. The van der Waals surface area contributed by atoms with E-state index in [1.807, 2.05) is 30.0 Å². The molecule has 1 atom stereocenters. The van der Waals surface area contributed by atoms with Crippen LogP contribution in [0.25, 0.3) is 0 Å². The molecule has 1 unspecified atom stereocenters. The van der Waals surface area contributed by atoms with Crippen LogP contribution in [0.2, 0.25) is 0 Å². The maximum atomic E-state index is 10.7. The van der Waals surface area contributed by atoms with Crippen molar-refractivity contribution in [3.8, 4) is 0 Å². The first-order valence-corrected chi connectivity index (χ1v) is 7.62. The molecule has 2 rings (SSSR count). The largest absolute Gasteiger partial charge is 0.306 e. The van der Waals surface area contributed by atoms with Crippen LogP contribution in [0.15, 0.2) is 24.3 Å². The van der Waals surface area contributed by atoms with E-state index < -0.39 is 11.1 Å². The highest BCUT2D eigenvalue weighted by molar-refractivity contribution is 7.99. The smallest absolute Gasteiger partial charge is 0.157 e. The topological polar surface area (TPSA) is 40.5 Å². The molecular weight excluding hydrogens is 242 g/mol. The maximum absolute atomic E-state index is 10.7. The van der Waals surface area contributed by atoms with Gasteiger partial charge in [0.1, 0.15) is 0 Å². The lowest BCUT2D eigenvalue weighted by Crippen LogP contribution is -2.18. The lowest BCUT2D eigenvalue weighted by Gasteiger charge is -2.14. The van der Waals surface area contributed by atoms with E-state index >= 15 is 0 Å². The molecule has 16 heavy (non-hydrogen) atoms. The SMILES string of the molecule is O=S(O)Cc1cccc(CN2CCSC2)c1. The zero-order valence-corrected chi connectivity index (χ0v) is 10.6. The molecule has 0 radical (unpaired) electrons. The fourth-order valence-electron chi connectivity index (χ4n) is 1.80. The Bertz CT molecular complexity index is 378. The van der Waals surface area contributed by atoms with E-state index in [0.717, 1.165) is 24.5 Å². The third kappa shape index (κ3) is 3.59. The van der Waals surface area contributed by atoms with E-state index in [-0.39, 0.29) is 5.75 Å². The van der Waals surface area contributed by atoms with Gasteiger partial charge >= 0.3 is 0 Å². The van der Waals surface area contributed by atoms with Crippen molar-refractivity contribution in [2.24, 2.45) is 0 Å². The normalized spacial score (nSPS) is 18.8. The molecule has 0 bridgehead atoms. The molecule has 1 aliphatic rings. The van der Waals surface area contributed by atoms with Crippen LogP contribution < -0.4 is 0 Å². The van der Waals surface area contributed by atoms with E-state index in [9.17, 15) is 4.21 Å². The summed E-state index contributed by atoms with van der Waals surface area (Å²) < 4.78 is 19.6. The van der Waals surface area contributed by atoms with Crippen LogP contribution in [0.4, 0.5) is 0 Å². The molecule has 0 aliphatic carbocycles. The third-order valence-electron chi connectivity index (χ3n) is 2.51. The van der Waals surface area contributed by atoms with E-state index in [0.29, 0.717) is 0 Å². The van der Waals surface area contributed by atoms with E-state index in [4.69, 9.17) is 4.55 Å². The van der Waals surface area contributed by atoms with Crippen LogP contribution >= 0.6 is 11.8 Å². The van der Waals surface area contributed by atoms with Crippen molar-refractivity contribution < 1.29 is 8.76 Å². The first-order valence-electron chi connectivity index (χ1n) is 5.19. The Labute approximate surface area is 103 Å². The highest BCUT2D eigenvalue weighted by atomic mass is 32.2. The Hall–Kier alpha value is -0.360. The number of rotatable bonds is 4. The molecule has 0 amide bonds. The average Bonchev–Trinajstić information content (AvgIpc) is 2.70. The Morgan fingerprint density at radius 1 is 1.44 bits per heavy atom. The molecule has 1 fully saturated rings. The van der Waals surface area contributed by atoms with Gasteiger partial charge in [0.15, 0.2) is 11.1 Å². The van der Waals surface area contributed by atoms with Gasteiger partial charge in [-0.2, -0.15) is 0 Å². The van der Waals surface area contributed by atoms with Gasteiger partial charge in [-0.25, -0.2) is 4.21 Å². The van der Waals surface area contributed by atoms with Crippen LogP contribution in [-0.4, -0.2) is 31.8 Å². The monoisotopic (exact) mass is 257 g/mol. The molecule has 0 saturated carbocycles. The van der Waals surface area contributed by atoms with Crippen molar-refractivity contribution in [1.82, 2.24) is 4.90 Å². The van der Waals surface area contributed by atoms with Crippen molar-refractivity contribution >= 4 is 22.8 Å². The Kier molecular flexibility index (Phi) is 4.40. The predicted molar refractivity (Wildman–Crippen MR) is 68.7 cm³/mol. The van der Waals surface area contributed by atoms with Gasteiger partial charge in [-0.3, -0.25) is 4.90 Å². The summed E-state index contributed by atoms with van der Waals surface area (Å²) in [6.45, 7) is 2.08. The first kappa shape index (κ1) is 12.1. The lowest BCUT2D eigenvalue weighted by molar-refractivity contribution is 0.349. The third-order valence-corrected chi connectivity index (χ3v) is 4.11. The number of hydrogen-bond donors (Lipinski definition) is 1. The van der Waals surface area contributed by atoms with Crippen molar-refractivity contribution in [1.29, 1.82) is 0 Å². The zero-order chi connectivity index (χ0) is 11.4. The van der Waals surface area contributed by atoms with E-state index in [2.05, 4.69) is 11.0 Å². The highest BCUT2D eigenvalue weighted by Gasteiger charge is 2.12. The summed E-state index contributed by atoms with van der Waals surface area (Å²) in [5, 5.41) is 0. The Morgan fingerprint density at radius 3 is 2.94 bits per heavy atom.